The molecule has 0 aliphatic carbocycles. The van der Waals surface area contributed by atoms with Gasteiger partial charge in [0.15, 0.2) is 17.5 Å². The molecule has 0 spiro atoms. The van der Waals surface area contributed by atoms with Gasteiger partial charge < -0.3 is 4.42 Å². The lowest BCUT2D eigenvalue weighted by atomic mass is 9.96. The van der Waals surface area contributed by atoms with E-state index < -0.39 is 18.1 Å². The quantitative estimate of drug-likeness (QED) is 0.175. The van der Waals surface area contributed by atoms with Crippen molar-refractivity contribution in [1.29, 1.82) is 0 Å². The Balaban J connectivity index is 1.07. The molecule has 0 saturated carbocycles. The van der Waals surface area contributed by atoms with Gasteiger partial charge in [0.2, 0.25) is 0 Å². The first-order valence-corrected chi connectivity index (χ1v) is 17.4. The summed E-state index contributed by atoms with van der Waals surface area (Å²) >= 11 is 0. The van der Waals surface area contributed by atoms with Gasteiger partial charge in [0.05, 0.1) is 6.85 Å². The van der Waals surface area contributed by atoms with Gasteiger partial charge in [-0.15, -0.1) is 0 Å². The van der Waals surface area contributed by atoms with Crippen molar-refractivity contribution >= 4 is 32.7 Å². The highest BCUT2D eigenvalue weighted by Gasteiger charge is 2.17. The van der Waals surface area contributed by atoms with Crippen LogP contribution in [0.2, 0.25) is 0 Å². The normalized spacial score (nSPS) is 12.7. The van der Waals surface area contributed by atoms with Crippen LogP contribution in [-0.2, 0) is 0 Å². The van der Waals surface area contributed by atoms with Gasteiger partial charge in [-0.2, -0.15) is 0 Å². The standard InChI is InChI=1S/C49H31N3O/c1-3-10-32(11-4-1)34-20-25-38(26-21-34)48-50-47(37-13-5-2-6-14-37)51-49(52-48)41-28-29-43-45(31-41)53-44-17-9-16-42(46(43)44)36-23-18-35(19-24-36)40-27-22-33-12-7-8-15-39(33)30-40/h1-31H/i2D,5D,6D,13D,14D. The zero-order valence-corrected chi connectivity index (χ0v) is 28.3. The summed E-state index contributed by atoms with van der Waals surface area (Å²) in [6.45, 7) is 0. The van der Waals surface area contributed by atoms with Crippen molar-refractivity contribution in [2.75, 3.05) is 0 Å². The van der Waals surface area contributed by atoms with E-state index in [0.717, 1.165) is 49.7 Å². The van der Waals surface area contributed by atoms with E-state index in [-0.39, 0.29) is 29.3 Å². The fourth-order valence-corrected chi connectivity index (χ4v) is 6.97. The van der Waals surface area contributed by atoms with Crippen LogP contribution in [0, 0.1) is 0 Å². The molecule has 10 aromatic rings. The van der Waals surface area contributed by atoms with Crippen molar-refractivity contribution in [3.8, 4) is 67.5 Å². The summed E-state index contributed by atoms with van der Waals surface area (Å²) in [7, 11) is 0. The van der Waals surface area contributed by atoms with Crippen LogP contribution in [0.5, 0.6) is 0 Å². The summed E-state index contributed by atoms with van der Waals surface area (Å²) in [5, 5.41) is 4.32. The molecule has 0 atom stereocenters. The van der Waals surface area contributed by atoms with Crippen LogP contribution in [0.3, 0.4) is 0 Å². The van der Waals surface area contributed by atoms with Crippen LogP contribution in [-0.4, -0.2) is 15.0 Å². The van der Waals surface area contributed by atoms with Gasteiger partial charge >= 0.3 is 0 Å². The van der Waals surface area contributed by atoms with Gasteiger partial charge in [-0.05, 0) is 68.4 Å². The molecule has 0 N–H and O–H groups in total. The van der Waals surface area contributed by atoms with Crippen LogP contribution < -0.4 is 0 Å². The van der Waals surface area contributed by atoms with E-state index in [1.165, 1.54) is 10.8 Å². The summed E-state index contributed by atoms with van der Waals surface area (Å²) in [6, 6.07) is 50.9. The van der Waals surface area contributed by atoms with E-state index >= 15 is 0 Å². The Morgan fingerprint density at radius 2 is 0.962 bits per heavy atom. The summed E-state index contributed by atoms with van der Waals surface area (Å²) in [4.78, 5) is 14.3. The first-order valence-electron chi connectivity index (χ1n) is 19.9. The molecule has 8 aromatic carbocycles. The number of aromatic nitrogens is 3. The molecule has 2 heterocycles. The van der Waals surface area contributed by atoms with Crippen molar-refractivity contribution in [1.82, 2.24) is 15.0 Å². The lowest BCUT2D eigenvalue weighted by Crippen LogP contribution is -2.00. The zero-order chi connectivity index (χ0) is 39.5. The predicted octanol–water partition coefficient (Wildman–Crippen LogP) is 12.9. The average molecular weight is 683 g/mol. The smallest absolute Gasteiger partial charge is 0.164 e. The molecule has 0 fully saturated rings. The maximum atomic E-state index is 8.70. The lowest BCUT2D eigenvalue weighted by molar-refractivity contribution is 0.669. The minimum Gasteiger partial charge on any atom is -0.456 e. The molecule has 0 saturated heterocycles. The minimum absolute atomic E-state index is 0.0248. The Labute approximate surface area is 313 Å². The Hall–Kier alpha value is -7.17. The van der Waals surface area contributed by atoms with E-state index in [9.17, 15) is 0 Å². The first-order chi connectivity index (χ1) is 28.3. The number of hydrogen-bond acceptors (Lipinski definition) is 4. The zero-order valence-electron chi connectivity index (χ0n) is 33.3. The molecule has 4 heteroatoms. The Morgan fingerprint density at radius 1 is 0.377 bits per heavy atom. The lowest BCUT2D eigenvalue weighted by Gasteiger charge is -2.09. The van der Waals surface area contributed by atoms with Crippen molar-refractivity contribution in [3.63, 3.8) is 0 Å². The van der Waals surface area contributed by atoms with Gasteiger partial charge in [-0.3, -0.25) is 0 Å². The fraction of sp³-hybridized carbons (Fsp3) is 0. The third-order valence-electron chi connectivity index (χ3n) is 9.64. The molecule has 53 heavy (non-hydrogen) atoms. The Bertz CT molecular complexity index is 3190. The fourth-order valence-electron chi connectivity index (χ4n) is 6.97. The molecule has 248 valence electrons. The average Bonchev–Trinajstić information content (AvgIpc) is 3.66. The van der Waals surface area contributed by atoms with Crippen molar-refractivity contribution in [3.05, 3.63) is 188 Å². The van der Waals surface area contributed by atoms with Crippen LogP contribution in [0.1, 0.15) is 6.85 Å². The van der Waals surface area contributed by atoms with E-state index in [1.54, 1.807) is 0 Å². The summed E-state index contributed by atoms with van der Waals surface area (Å²) in [5.41, 5.74) is 9.03. The Morgan fingerprint density at radius 3 is 1.74 bits per heavy atom. The van der Waals surface area contributed by atoms with Crippen LogP contribution in [0.4, 0.5) is 0 Å². The first kappa shape index (κ1) is 25.7. The molecular formula is C49H31N3O. The number of benzene rings is 8. The van der Waals surface area contributed by atoms with E-state index in [2.05, 4.69) is 72.8 Å². The summed E-state index contributed by atoms with van der Waals surface area (Å²) < 4.78 is 48.7. The topological polar surface area (TPSA) is 51.8 Å². The van der Waals surface area contributed by atoms with E-state index in [4.69, 9.17) is 26.2 Å². The molecule has 2 aromatic heterocycles. The molecule has 0 radical (unpaired) electrons. The Kier molecular flexibility index (Phi) is 6.24. The minimum atomic E-state index is -0.486. The van der Waals surface area contributed by atoms with Crippen molar-refractivity contribution in [2.24, 2.45) is 0 Å². The number of furan rings is 1. The molecule has 0 aliphatic rings. The van der Waals surface area contributed by atoms with Gasteiger partial charge in [0.1, 0.15) is 11.2 Å². The summed E-state index contributed by atoms with van der Waals surface area (Å²) in [5.74, 6) is 0.541. The van der Waals surface area contributed by atoms with E-state index in [0.29, 0.717) is 22.5 Å². The van der Waals surface area contributed by atoms with Crippen molar-refractivity contribution < 1.29 is 11.3 Å². The molecular weight excluding hydrogens is 647 g/mol. The molecule has 0 bridgehead atoms. The SMILES string of the molecule is [2H]c1c([2H])c([2H])c(-c2nc(-c3ccc(-c4ccccc4)cc3)nc(-c3ccc4c(c3)oc3cccc(-c5ccc(-c6ccc7ccccc7c6)cc5)c34)n2)c([2H])c1[2H]. The number of rotatable bonds is 6. The van der Waals surface area contributed by atoms with Crippen LogP contribution in [0.25, 0.3) is 100 Å². The second kappa shape index (κ2) is 12.9. The molecule has 10 rings (SSSR count). The van der Waals surface area contributed by atoms with E-state index in [1.807, 2.05) is 84.9 Å². The monoisotopic (exact) mass is 682 g/mol. The van der Waals surface area contributed by atoms with Gasteiger partial charge in [0.25, 0.3) is 0 Å². The maximum Gasteiger partial charge on any atom is 0.164 e. The number of nitrogens with zero attached hydrogens (tertiary/aromatic N) is 3. The number of fused-ring (bicyclic) bond motifs is 4. The molecule has 4 nitrogen and oxygen atoms in total. The highest BCUT2D eigenvalue weighted by molar-refractivity contribution is 6.13. The van der Waals surface area contributed by atoms with Gasteiger partial charge in [-0.25, -0.2) is 15.0 Å². The predicted molar refractivity (Wildman–Crippen MR) is 217 cm³/mol. The van der Waals surface area contributed by atoms with Gasteiger partial charge in [-0.1, -0.05) is 164 Å². The number of hydrogen-bond donors (Lipinski definition) is 0. The van der Waals surface area contributed by atoms with Crippen molar-refractivity contribution in [2.45, 2.75) is 0 Å². The maximum absolute atomic E-state index is 8.70. The molecule has 0 aliphatic heterocycles. The summed E-state index contributed by atoms with van der Waals surface area (Å²) in [6.07, 6.45) is 0. The third kappa shape index (κ3) is 5.73. The molecule has 0 unspecified atom stereocenters. The van der Waals surface area contributed by atoms with Crippen LogP contribution >= 0.6 is 0 Å². The highest BCUT2D eigenvalue weighted by atomic mass is 16.3. The third-order valence-corrected chi connectivity index (χ3v) is 9.64. The highest BCUT2D eigenvalue weighted by Crippen LogP contribution is 2.39. The molecule has 0 amide bonds. The van der Waals surface area contributed by atoms with Gasteiger partial charge in [0, 0.05) is 27.5 Å². The largest absolute Gasteiger partial charge is 0.456 e. The second-order valence-corrected chi connectivity index (χ2v) is 12.9. The van der Waals surface area contributed by atoms with Crippen LogP contribution in [0.15, 0.2) is 192 Å². The second-order valence-electron chi connectivity index (χ2n) is 12.9.